The molecule has 0 unspecified atom stereocenters. The fourth-order valence-electron chi connectivity index (χ4n) is 2.32. The van der Waals surface area contributed by atoms with Crippen LogP contribution in [0.1, 0.15) is 21.5 Å². The average molecular weight is 335 g/mol. The molecule has 0 spiro atoms. The summed E-state index contributed by atoms with van der Waals surface area (Å²) in [6, 6.07) is 23.0. The van der Waals surface area contributed by atoms with Crippen molar-refractivity contribution >= 4 is 5.91 Å². The van der Waals surface area contributed by atoms with Gasteiger partial charge in [-0.25, -0.2) is 4.39 Å². The molecule has 0 aliphatic rings. The van der Waals surface area contributed by atoms with Crippen molar-refractivity contribution in [2.24, 2.45) is 0 Å². The zero-order chi connectivity index (χ0) is 17.5. The molecule has 3 aromatic rings. The van der Waals surface area contributed by atoms with Crippen molar-refractivity contribution in [3.05, 3.63) is 101 Å². The third-order valence-corrected chi connectivity index (χ3v) is 3.73. The van der Waals surface area contributed by atoms with Gasteiger partial charge in [0, 0.05) is 12.1 Å². The smallest absolute Gasteiger partial charge is 0.251 e. The summed E-state index contributed by atoms with van der Waals surface area (Å²) in [5.74, 6) is 0.250. The zero-order valence-corrected chi connectivity index (χ0v) is 13.6. The molecule has 0 saturated carbocycles. The van der Waals surface area contributed by atoms with Crippen molar-refractivity contribution in [2.75, 3.05) is 0 Å². The normalized spacial score (nSPS) is 10.3. The maximum absolute atomic E-state index is 12.9. The number of benzene rings is 3. The van der Waals surface area contributed by atoms with Gasteiger partial charge in [-0.05, 0) is 47.5 Å². The lowest BCUT2D eigenvalue weighted by Gasteiger charge is -2.08. The minimum Gasteiger partial charge on any atom is -0.489 e. The Hall–Kier alpha value is -3.14. The number of halogens is 1. The Bertz CT molecular complexity index is 815. The molecule has 0 heterocycles. The summed E-state index contributed by atoms with van der Waals surface area (Å²) >= 11 is 0. The number of hydrogen-bond acceptors (Lipinski definition) is 2. The highest BCUT2D eigenvalue weighted by atomic mass is 19.1. The molecule has 25 heavy (non-hydrogen) atoms. The van der Waals surface area contributed by atoms with Gasteiger partial charge >= 0.3 is 0 Å². The van der Waals surface area contributed by atoms with E-state index in [9.17, 15) is 9.18 Å². The SMILES string of the molecule is O=C(NCc1ccc(COc2ccccc2)cc1)c1ccc(F)cc1. The second kappa shape index (κ2) is 8.11. The van der Waals surface area contributed by atoms with Gasteiger partial charge in [0.2, 0.25) is 0 Å². The van der Waals surface area contributed by atoms with Gasteiger partial charge in [-0.2, -0.15) is 0 Å². The van der Waals surface area contributed by atoms with Crippen LogP contribution in [0.25, 0.3) is 0 Å². The lowest BCUT2D eigenvalue weighted by atomic mass is 10.1. The second-order valence-electron chi connectivity index (χ2n) is 5.61. The first-order valence-electron chi connectivity index (χ1n) is 8.00. The third-order valence-electron chi connectivity index (χ3n) is 3.73. The number of amides is 1. The number of nitrogens with one attached hydrogen (secondary N) is 1. The highest BCUT2D eigenvalue weighted by Crippen LogP contribution is 2.12. The molecule has 0 aliphatic heterocycles. The predicted octanol–water partition coefficient (Wildman–Crippen LogP) is 4.33. The van der Waals surface area contributed by atoms with E-state index >= 15 is 0 Å². The van der Waals surface area contributed by atoms with Gasteiger partial charge in [-0.3, -0.25) is 4.79 Å². The summed E-state index contributed by atoms with van der Waals surface area (Å²) in [5.41, 5.74) is 2.48. The first-order valence-corrected chi connectivity index (χ1v) is 8.00. The van der Waals surface area contributed by atoms with E-state index in [-0.39, 0.29) is 11.7 Å². The number of rotatable bonds is 6. The van der Waals surface area contributed by atoms with E-state index < -0.39 is 0 Å². The predicted molar refractivity (Wildman–Crippen MR) is 94.8 cm³/mol. The maximum Gasteiger partial charge on any atom is 0.251 e. The molecule has 0 fully saturated rings. The number of carbonyl (C=O) groups is 1. The van der Waals surface area contributed by atoms with Crippen molar-refractivity contribution in [3.63, 3.8) is 0 Å². The van der Waals surface area contributed by atoms with Crippen LogP contribution in [0.5, 0.6) is 5.75 Å². The Kier molecular flexibility index (Phi) is 5.42. The van der Waals surface area contributed by atoms with Gasteiger partial charge in [-0.15, -0.1) is 0 Å². The van der Waals surface area contributed by atoms with Crippen LogP contribution in [-0.4, -0.2) is 5.91 Å². The third kappa shape index (κ3) is 4.91. The highest BCUT2D eigenvalue weighted by Gasteiger charge is 2.05. The van der Waals surface area contributed by atoms with Crippen molar-refractivity contribution in [3.8, 4) is 5.75 Å². The number of hydrogen-bond donors (Lipinski definition) is 1. The van der Waals surface area contributed by atoms with E-state index in [4.69, 9.17) is 4.74 Å². The van der Waals surface area contributed by atoms with Crippen LogP contribution in [0.3, 0.4) is 0 Å². The molecule has 0 saturated heterocycles. The van der Waals surface area contributed by atoms with E-state index in [0.29, 0.717) is 18.7 Å². The van der Waals surface area contributed by atoms with Crippen LogP contribution < -0.4 is 10.1 Å². The molecule has 0 aromatic heterocycles. The Balaban J connectivity index is 1.50. The van der Waals surface area contributed by atoms with E-state index in [2.05, 4.69) is 5.32 Å². The number of carbonyl (C=O) groups excluding carboxylic acids is 1. The average Bonchev–Trinajstić information content (AvgIpc) is 2.67. The largest absolute Gasteiger partial charge is 0.489 e. The van der Waals surface area contributed by atoms with Gasteiger partial charge in [0.15, 0.2) is 0 Å². The molecule has 3 aromatic carbocycles. The van der Waals surface area contributed by atoms with Gasteiger partial charge < -0.3 is 10.1 Å². The molecule has 3 nitrogen and oxygen atoms in total. The first-order chi connectivity index (χ1) is 12.2. The molecular formula is C21H18FNO2. The molecular weight excluding hydrogens is 317 g/mol. The van der Waals surface area contributed by atoms with E-state index in [1.807, 2.05) is 54.6 Å². The van der Waals surface area contributed by atoms with Crippen LogP contribution in [-0.2, 0) is 13.2 Å². The Labute approximate surface area is 146 Å². The Morgan fingerprint density at radius 2 is 1.48 bits per heavy atom. The summed E-state index contributed by atoms with van der Waals surface area (Å²) in [4.78, 5) is 12.0. The van der Waals surface area contributed by atoms with Crippen molar-refractivity contribution in [2.45, 2.75) is 13.2 Å². The molecule has 1 N–H and O–H groups in total. The maximum atomic E-state index is 12.9. The van der Waals surface area contributed by atoms with Crippen molar-refractivity contribution < 1.29 is 13.9 Å². The minimum atomic E-state index is -0.357. The number of ether oxygens (including phenoxy) is 1. The quantitative estimate of drug-likeness (QED) is 0.728. The van der Waals surface area contributed by atoms with Crippen LogP contribution >= 0.6 is 0 Å². The minimum absolute atomic E-state index is 0.225. The summed E-state index contributed by atoms with van der Waals surface area (Å²) in [6.45, 7) is 0.905. The fraction of sp³-hybridized carbons (Fsp3) is 0.0952. The zero-order valence-electron chi connectivity index (χ0n) is 13.6. The van der Waals surface area contributed by atoms with Crippen LogP contribution in [0.15, 0.2) is 78.9 Å². The summed E-state index contributed by atoms with van der Waals surface area (Å²) in [6.07, 6.45) is 0. The first kappa shape index (κ1) is 16.7. The van der Waals surface area contributed by atoms with E-state index in [1.165, 1.54) is 24.3 Å². The Morgan fingerprint density at radius 1 is 0.840 bits per heavy atom. The molecule has 4 heteroatoms. The molecule has 0 atom stereocenters. The van der Waals surface area contributed by atoms with Crippen LogP contribution in [0, 0.1) is 5.82 Å². The Morgan fingerprint density at radius 3 is 2.16 bits per heavy atom. The molecule has 126 valence electrons. The second-order valence-corrected chi connectivity index (χ2v) is 5.61. The van der Waals surface area contributed by atoms with Crippen LogP contribution in [0.2, 0.25) is 0 Å². The molecule has 3 rings (SSSR count). The standard InChI is InChI=1S/C21H18FNO2/c22-19-12-10-18(11-13-19)21(24)23-14-16-6-8-17(9-7-16)15-25-20-4-2-1-3-5-20/h1-13H,14-15H2,(H,23,24). The van der Waals surface area contributed by atoms with Crippen molar-refractivity contribution in [1.82, 2.24) is 5.32 Å². The van der Waals surface area contributed by atoms with Crippen LogP contribution in [0.4, 0.5) is 4.39 Å². The van der Waals surface area contributed by atoms with Gasteiger partial charge in [0.1, 0.15) is 18.2 Å². The molecule has 0 aliphatic carbocycles. The topological polar surface area (TPSA) is 38.3 Å². The van der Waals surface area contributed by atoms with Gasteiger partial charge in [0.05, 0.1) is 0 Å². The molecule has 0 bridgehead atoms. The van der Waals surface area contributed by atoms with Gasteiger partial charge in [-0.1, -0.05) is 42.5 Å². The summed E-state index contributed by atoms with van der Waals surface area (Å²) < 4.78 is 18.6. The summed E-state index contributed by atoms with van der Waals surface area (Å²) in [5, 5.41) is 2.82. The van der Waals surface area contributed by atoms with E-state index in [0.717, 1.165) is 16.9 Å². The monoisotopic (exact) mass is 335 g/mol. The number of para-hydroxylation sites is 1. The lowest BCUT2D eigenvalue weighted by Crippen LogP contribution is -2.22. The summed E-state index contributed by atoms with van der Waals surface area (Å²) in [7, 11) is 0. The molecule has 1 amide bonds. The lowest BCUT2D eigenvalue weighted by molar-refractivity contribution is 0.0951. The molecule has 0 radical (unpaired) electrons. The van der Waals surface area contributed by atoms with Crippen molar-refractivity contribution in [1.29, 1.82) is 0 Å². The highest BCUT2D eigenvalue weighted by molar-refractivity contribution is 5.94. The van der Waals surface area contributed by atoms with Gasteiger partial charge in [0.25, 0.3) is 5.91 Å². The van der Waals surface area contributed by atoms with E-state index in [1.54, 1.807) is 0 Å². The fourth-order valence-corrected chi connectivity index (χ4v) is 2.32.